The molecule has 1 aliphatic carbocycles. The Morgan fingerprint density at radius 1 is 1.30 bits per heavy atom. The van der Waals surface area contributed by atoms with Crippen LogP contribution in [0.3, 0.4) is 0 Å². The normalized spacial score (nSPS) is 22.8. The minimum atomic E-state index is -0.317. The molecule has 1 aromatic carbocycles. The van der Waals surface area contributed by atoms with Crippen LogP contribution in [0.5, 0.6) is 0 Å². The smallest absolute Gasteiger partial charge is 0.127 e. The number of ether oxygens (including phenoxy) is 1. The van der Waals surface area contributed by atoms with E-state index in [4.69, 9.17) is 4.74 Å². The highest BCUT2D eigenvalue weighted by molar-refractivity contribution is 5.36. The topological polar surface area (TPSA) is 12.5 Å². The monoisotopic (exact) mass is 277 g/mol. The van der Waals surface area contributed by atoms with Crippen LogP contribution in [0.2, 0.25) is 0 Å². The van der Waals surface area contributed by atoms with Gasteiger partial charge in [-0.3, -0.25) is 0 Å². The highest BCUT2D eigenvalue weighted by Crippen LogP contribution is 2.44. The minimum Gasteiger partial charge on any atom is -0.500 e. The zero-order valence-electron chi connectivity index (χ0n) is 12.7. The summed E-state index contributed by atoms with van der Waals surface area (Å²) in [4.78, 5) is 2.14. The van der Waals surface area contributed by atoms with Gasteiger partial charge in [-0.2, -0.15) is 0 Å². The molecule has 2 rings (SSSR count). The van der Waals surface area contributed by atoms with E-state index in [0.29, 0.717) is 0 Å². The molecule has 1 unspecified atom stereocenters. The fraction of sp³-hybridized carbons (Fsp3) is 0.529. The zero-order valence-corrected chi connectivity index (χ0v) is 12.7. The van der Waals surface area contributed by atoms with E-state index in [1.165, 1.54) is 0 Å². The van der Waals surface area contributed by atoms with Gasteiger partial charge in [0, 0.05) is 5.56 Å². The lowest BCUT2D eigenvalue weighted by molar-refractivity contribution is 0.177. The summed E-state index contributed by atoms with van der Waals surface area (Å²) in [6, 6.07) is 7.12. The average Bonchev–Trinajstić information content (AvgIpc) is 2.46. The summed E-state index contributed by atoms with van der Waals surface area (Å²) < 4.78 is 20.0. The molecule has 0 aromatic heterocycles. The Kier molecular flexibility index (Phi) is 4.81. The molecule has 0 aliphatic heterocycles. The van der Waals surface area contributed by atoms with Crippen LogP contribution in [0.1, 0.15) is 31.2 Å². The Morgan fingerprint density at radius 2 is 2.05 bits per heavy atom. The van der Waals surface area contributed by atoms with Gasteiger partial charge in [-0.1, -0.05) is 18.2 Å². The summed E-state index contributed by atoms with van der Waals surface area (Å²) in [6.07, 6.45) is 6.05. The predicted octanol–water partition coefficient (Wildman–Crippen LogP) is 3.73. The van der Waals surface area contributed by atoms with E-state index in [9.17, 15) is 4.39 Å². The largest absolute Gasteiger partial charge is 0.500 e. The van der Waals surface area contributed by atoms with Gasteiger partial charge in [-0.25, -0.2) is 4.39 Å². The first kappa shape index (κ1) is 15.0. The molecule has 20 heavy (non-hydrogen) atoms. The highest BCUT2D eigenvalue weighted by atomic mass is 19.1. The van der Waals surface area contributed by atoms with Gasteiger partial charge < -0.3 is 9.64 Å². The van der Waals surface area contributed by atoms with Gasteiger partial charge in [0.1, 0.15) is 11.6 Å². The SMILES string of the molecule is COC1=CCCCC1(CCN(C)C)c1ccccc1F. The van der Waals surface area contributed by atoms with Gasteiger partial charge in [0.15, 0.2) is 0 Å². The van der Waals surface area contributed by atoms with Crippen LogP contribution in [0.25, 0.3) is 0 Å². The third kappa shape index (κ3) is 2.88. The van der Waals surface area contributed by atoms with Crippen molar-refractivity contribution in [3.8, 4) is 0 Å². The lowest BCUT2D eigenvalue weighted by atomic mass is 9.69. The lowest BCUT2D eigenvalue weighted by Gasteiger charge is -2.39. The first-order valence-corrected chi connectivity index (χ1v) is 7.24. The van der Waals surface area contributed by atoms with Gasteiger partial charge in [0.25, 0.3) is 0 Å². The van der Waals surface area contributed by atoms with Crippen molar-refractivity contribution in [2.24, 2.45) is 0 Å². The summed E-state index contributed by atoms with van der Waals surface area (Å²) in [6.45, 7) is 0.912. The number of nitrogens with zero attached hydrogens (tertiary/aromatic N) is 1. The summed E-state index contributed by atoms with van der Waals surface area (Å²) in [5, 5.41) is 0. The van der Waals surface area contributed by atoms with Crippen molar-refractivity contribution in [1.29, 1.82) is 0 Å². The molecule has 0 fully saturated rings. The Labute approximate surface area is 121 Å². The number of hydrogen-bond acceptors (Lipinski definition) is 2. The summed E-state index contributed by atoms with van der Waals surface area (Å²) in [5.41, 5.74) is 0.456. The van der Waals surface area contributed by atoms with Crippen molar-refractivity contribution >= 4 is 0 Å². The second-order valence-corrected chi connectivity index (χ2v) is 5.78. The third-order valence-corrected chi connectivity index (χ3v) is 4.20. The molecule has 0 amide bonds. The molecule has 1 aromatic rings. The molecule has 1 atom stereocenters. The molecule has 0 radical (unpaired) electrons. The van der Waals surface area contributed by atoms with E-state index in [-0.39, 0.29) is 11.2 Å². The van der Waals surface area contributed by atoms with Crippen LogP contribution in [0.15, 0.2) is 36.1 Å². The van der Waals surface area contributed by atoms with E-state index in [2.05, 4.69) is 11.0 Å². The first-order valence-electron chi connectivity index (χ1n) is 7.24. The maximum atomic E-state index is 14.4. The molecule has 0 saturated heterocycles. The van der Waals surface area contributed by atoms with Crippen LogP contribution in [-0.2, 0) is 10.2 Å². The highest BCUT2D eigenvalue weighted by Gasteiger charge is 2.40. The number of allylic oxidation sites excluding steroid dienone is 2. The third-order valence-electron chi connectivity index (χ3n) is 4.20. The van der Waals surface area contributed by atoms with Crippen LogP contribution >= 0.6 is 0 Å². The van der Waals surface area contributed by atoms with Crippen LogP contribution in [-0.4, -0.2) is 32.6 Å². The van der Waals surface area contributed by atoms with Crippen molar-refractivity contribution in [2.75, 3.05) is 27.7 Å². The Balaban J connectivity index is 2.46. The van der Waals surface area contributed by atoms with Crippen LogP contribution < -0.4 is 0 Å². The number of hydrogen-bond donors (Lipinski definition) is 0. The molecule has 1 aliphatic rings. The quantitative estimate of drug-likeness (QED) is 0.813. The van der Waals surface area contributed by atoms with E-state index in [1.807, 2.05) is 26.2 Å². The van der Waals surface area contributed by atoms with E-state index in [0.717, 1.165) is 43.6 Å². The molecular formula is C17H24FNO. The maximum Gasteiger partial charge on any atom is 0.127 e. The molecule has 0 bridgehead atoms. The van der Waals surface area contributed by atoms with Crippen molar-refractivity contribution in [1.82, 2.24) is 4.90 Å². The zero-order chi connectivity index (χ0) is 14.6. The number of halogens is 1. The second kappa shape index (κ2) is 6.40. The Hall–Kier alpha value is -1.35. The van der Waals surface area contributed by atoms with Crippen LogP contribution in [0, 0.1) is 5.82 Å². The first-order chi connectivity index (χ1) is 9.60. The van der Waals surface area contributed by atoms with Gasteiger partial charge >= 0.3 is 0 Å². The number of rotatable bonds is 5. The fourth-order valence-corrected chi connectivity index (χ4v) is 3.15. The van der Waals surface area contributed by atoms with Gasteiger partial charge in [-0.05, 0) is 58.5 Å². The second-order valence-electron chi connectivity index (χ2n) is 5.78. The Bertz CT molecular complexity index is 484. The minimum absolute atomic E-state index is 0.129. The van der Waals surface area contributed by atoms with E-state index >= 15 is 0 Å². The maximum absolute atomic E-state index is 14.4. The van der Waals surface area contributed by atoms with E-state index in [1.54, 1.807) is 19.2 Å². The number of methoxy groups -OCH3 is 1. The summed E-state index contributed by atoms with van der Waals surface area (Å²) in [7, 11) is 5.80. The molecular weight excluding hydrogens is 253 g/mol. The molecule has 110 valence electrons. The fourth-order valence-electron chi connectivity index (χ4n) is 3.15. The summed E-state index contributed by atoms with van der Waals surface area (Å²) in [5.74, 6) is 0.798. The van der Waals surface area contributed by atoms with Crippen molar-refractivity contribution < 1.29 is 9.13 Å². The lowest BCUT2D eigenvalue weighted by Crippen LogP contribution is -2.36. The number of benzene rings is 1. The van der Waals surface area contributed by atoms with Gasteiger partial charge in [0.2, 0.25) is 0 Å². The van der Waals surface area contributed by atoms with Crippen molar-refractivity contribution in [3.63, 3.8) is 0 Å². The standard InChI is InChI=1S/C17H24FNO/c1-19(2)13-12-17(11-7-6-10-16(17)20-3)14-8-4-5-9-15(14)18/h4-5,8-10H,6-7,11-13H2,1-3H3. The van der Waals surface area contributed by atoms with Crippen LogP contribution in [0.4, 0.5) is 4.39 Å². The summed E-state index contributed by atoms with van der Waals surface area (Å²) >= 11 is 0. The van der Waals surface area contributed by atoms with Gasteiger partial charge in [0.05, 0.1) is 12.5 Å². The molecule has 0 N–H and O–H groups in total. The molecule has 0 spiro atoms. The molecule has 2 nitrogen and oxygen atoms in total. The van der Waals surface area contributed by atoms with E-state index < -0.39 is 0 Å². The Morgan fingerprint density at radius 3 is 2.70 bits per heavy atom. The molecule has 3 heteroatoms. The molecule has 0 heterocycles. The van der Waals surface area contributed by atoms with Crippen molar-refractivity contribution in [2.45, 2.75) is 31.1 Å². The average molecular weight is 277 g/mol. The van der Waals surface area contributed by atoms with Crippen molar-refractivity contribution in [3.05, 3.63) is 47.5 Å². The molecule has 0 saturated carbocycles. The van der Waals surface area contributed by atoms with Gasteiger partial charge in [-0.15, -0.1) is 0 Å². The predicted molar refractivity (Wildman–Crippen MR) is 80.2 cm³/mol.